The number of nitrogens with zero attached hydrogens (tertiary/aromatic N) is 1. The smallest absolute Gasteiger partial charge is 0.416 e. The maximum atomic E-state index is 12.7. The molecule has 0 aliphatic rings. The number of amides is 1. The number of methoxy groups -OCH3 is 1. The summed E-state index contributed by atoms with van der Waals surface area (Å²) in [6, 6.07) is 14.3. The van der Waals surface area contributed by atoms with Gasteiger partial charge in [-0.1, -0.05) is 6.07 Å². The molecule has 0 spiro atoms. The van der Waals surface area contributed by atoms with Crippen molar-refractivity contribution in [2.24, 2.45) is 0 Å². The summed E-state index contributed by atoms with van der Waals surface area (Å²) < 4.78 is 48.6. The van der Waals surface area contributed by atoms with Gasteiger partial charge in [0.15, 0.2) is 0 Å². The van der Waals surface area contributed by atoms with E-state index < -0.39 is 11.7 Å². The summed E-state index contributed by atoms with van der Waals surface area (Å²) in [5.41, 5.74) is 1.43. The van der Waals surface area contributed by atoms with Crippen molar-refractivity contribution in [1.82, 2.24) is 4.98 Å². The largest absolute Gasteiger partial charge is 0.457 e. The minimum atomic E-state index is -4.41. The Morgan fingerprint density at radius 1 is 1.03 bits per heavy atom. The molecule has 8 heteroatoms. The highest BCUT2D eigenvalue weighted by molar-refractivity contribution is 6.05. The topological polar surface area (TPSA) is 60.5 Å². The van der Waals surface area contributed by atoms with Crippen LogP contribution in [-0.4, -0.2) is 18.0 Å². The number of hydrogen-bond acceptors (Lipinski definition) is 4. The number of nitrogens with one attached hydrogen (secondary N) is 1. The molecule has 1 N–H and O–H groups in total. The van der Waals surface area contributed by atoms with Crippen LogP contribution in [0.1, 0.15) is 27.3 Å². The highest BCUT2D eigenvalue weighted by atomic mass is 19.4. The standard InChI is InChI=1S/C22H19F3N2O3/c1-14-20(11-8-17(26-14)13-29-2)21(28)27-16-4-3-5-19(12-16)30-18-9-6-15(7-10-18)22(23,24)25/h3-12H,13H2,1-2H3,(H,27,28). The lowest BCUT2D eigenvalue weighted by Gasteiger charge is -2.11. The van der Waals surface area contributed by atoms with Crippen molar-refractivity contribution >= 4 is 11.6 Å². The first kappa shape index (κ1) is 21.3. The van der Waals surface area contributed by atoms with Crippen molar-refractivity contribution in [2.45, 2.75) is 19.7 Å². The summed E-state index contributed by atoms with van der Waals surface area (Å²) >= 11 is 0. The Hall–Kier alpha value is -3.39. The number of halogens is 3. The molecular formula is C22H19F3N2O3. The summed E-state index contributed by atoms with van der Waals surface area (Å²) in [5.74, 6) is 0.286. The van der Waals surface area contributed by atoms with Crippen LogP contribution in [0.3, 0.4) is 0 Å². The Bertz CT molecular complexity index is 1030. The maximum Gasteiger partial charge on any atom is 0.416 e. The highest BCUT2D eigenvalue weighted by Crippen LogP contribution is 2.31. The molecule has 156 valence electrons. The van der Waals surface area contributed by atoms with Crippen molar-refractivity contribution in [1.29, 1.82) is 0 Å². The van der Waals surface area contributed by atoms with Gasteiger partial charge in [0.05, 0.1) is 29.1 Å². The van der Waals surface area contributed by atoms with Crippen LogP contribution >= 0.6 is 0 Å². The molecule has 0 aliphatic carbocycles. The number of pyridine rings is 1. The molecule has 30 heavy (non-hydrogen) atoms. The first-order valence-electron chi connectivity index (χ1n) is 8.98. The van der Waals surface area contributed by atoms with Gasteiger partial charge in [-0.25, -0.2) is 0 Å². The summed E-state index contributed by atoms with van der Waals surface area (Å²) in [4.78, 5) is 16.9. The number of benzene rings is 2. The first-order valence-corrected chi connectivity index (χ1v) is 8.98. The van der Waals surface area contributed by atoms with Gasteiger partial charge in [0.25, 0.3) is 5.91 Å². The third-order valence-corrected chi connectivity index (χ3v) is 4.19. The zero-order chi connectivity index (χ0) is 21.7. The first-order chi connectivity index (χ1) is 14.3. The van der Waals surface area contributed by atoms with E-state index in [4.69, 9.17) is 9.47 Å². The van der Waals surface area contributed by atoms with E-state index in [0.717, 1.165) is 17.8 Å². The molecule has 2 aromatic carbocycles. The third-order valence-electron chi connectivity index (χ3n) is 4.19. The molecule has 0 saturated carbocycles. The second-order valence-electron chi connectivity index (χ2n) is 6.47. The van der Waals surface area contributed by atoms with Crippen molar-refractivity contribution in [3.63, 3.8) is 0 Å². The predicted molar refractivity (Wildman–Crippen MR) is 106 cm³/mol. The van der Waals surface area contributed by atoms with E-state index in [1.54, 1.807) is 50.4 Å². The average Bonchev–Trinajstić information content (AvgIpc) is 2.68. The normalized spacial score (nSPS) is 11.2. The molecule has 3 aromatic rings. The van der Waals surface area contributed by atoms with Gasteiger partial charge in [0.1, 0.15) is 11.5 Å². The zero-order valence-corrected chi connectivity index (χ0v) is 16.3. The van der Waals surface area contributed by atoms with Gasteiger partial charge < -0.3 is 14.8 Å². The molecule has 1 aromatic heterocycles. The molecular weight excluding hydrogens is 397 g/mol. The second kappa shape index (κ2) is 8.96. The second-order valence-corrected chi connectivity index (χ2v) is 6.47. The third kappa shape index (κ3) is 5.36. The maximum absolute atomic E-state index is 12.7. The Labute approximate surface area is 171 Å². The Morgan fingerprint density at radius 2 is 1.77 bits per heavy atom. The lowest BCUT2D eigenvalue weighted by atomic mass is 10.1. The van der Waals surface area contributed by atoms with Crippen molar-refractivity contribution in [3.05, 3.63) is 83.2 Å². The van der Waals surface area contributed by atoms with E-state index >= 15 is 0 Å². The summed E-state index contributed by atoms with van der Waals surface area (Å²) in [6.07, 6.45) is -4.41. The van der Waals surface area contributed by atoms with E-state index in [-0.39, 0.29) is 11.7 Å². The number of anilines is 1. The zero-order valence-electron chi connectivity index (χ0n) is 16.3. The van der Waals surface area contributed by atoms with Gasteiger partial charge in [0, 0.05) is 18.9 Å². The number of carbonyl (C=O) groups is 1. The summed E-state index contributed by atoms with van der Waals surface area (Å²) in [6.45, 7) is 2.09. The molecule has 0 unspecified atom stereocenters. The Morgan fingerprint density at radius 3 is 2.40 bits per heavy atom. The number of aromatic nitrogens is 1. The molecule has 0 aliphatic heterocycles. The van der Waals surface area contributed by atoms with Crippen molar-refractivity contribution in [3.8, 4) is 11.5 Å². The van der Waals surface area contributed by atoms with Gasteiger partial charge in [0.2, 0.25) is 0 Å². The molecule has 1 heterocycles. The lowest BCUT2D eigenvalue weighted by molar-refractivity contribution is -0.137. The van der Waals surface area contributed by atoms with Crippen LogP contribution < -0.4 is 10.1 Å². The van der Waals surface area contributed by atoms with Gasteiger partial charge in [-0.05, 0) is 55.5 Å². The molecule has 0 atom stereocenters. The lowest BCUT2D eigenvalue weighted by Crippen LogP contribution is -2.14. The van der Waals surface area contributed by atoms with E-state index in [9.17, 15) is 18.0 Å². The fraction of sp³-hybridized carbons (Fsp3) is 0.182. The molecule has 0 radical (unpaired) electrons. The number of hydrogen-bond donors (Lipinski definition) is 1. The molecule has 5 nitrogen and oxygen atoms in total. The van der Waals surface area contributed by atoms with Crippen LogP contribution in [0.5, 0.6) is 11.5 Å². The van der Waals surface area contributed by atoms with E-state index in [1.807, 2.05) is 0 Å². The van der Waals surface area contributed by atoms with Gasteiger partial charge in [-0.15, -0.1) is 0 Å². The summed E-state index contributed by atoms with van der Waals surface area (Å²) in [5, 5.41) is 2.77. The Kier molecular flexibility index (Phi) is 6.37. The minimum Gasteiger partial charge on any atom is -0.457 e. The molecule has 0 fully saturated rings. The fourth-order valence-electron chi connectivity index (χ4n) is 2.77. The number of rotatable bonds is 6. The van der Waals surface area contributed by atoms with Crippen LogP contribution in [0, 0.1) is 6.92 Å². The number of ether oxygens (including phenoxy) is 2. The van der Waals surface area contributed by atoms with Crippen LogP contribution in [-0.2, 0) is 17.5 Å². The monoisotopic (exact) mass is 416 g/mol. The van der Waals surface area contributed by atoms with Crippen molar-refractivity contribution in [2.75, 3.05) is 12.4 Å². The van der Waals surface area contributed by atoms with E-state index in [0.29, 0.717) is 29.3 Å². The number of alkyl halides is 3. The average molecular weight is 416 g/mol. The van der Waals surface area contributed by atoms with Crippen LogP contribution in [0.2, 0.25) is 0 Å². The SMILES string of the molecule is COCc1ccc(C(=O)Nc2cccc(Oc3ccc(C(F)(F)F)cc3)c2)c(C)n1. The number of aryl methyl sites for hydroxylation is 1. The molecule has 0 saturated heterocycles. The van der Waals surface area contributed by atoms with Gasteiger partial charge >= 0.3 is 6.18 Å². The van der Waals surface area contributed by atoms with Gasteiger partial charge in [-0.3, -0.25) is 9.78 Å². The van der Waals surface area contributed by atoms with E-state index in [2.05, 4.69) is 10.3 Å². The molecule has 3 rings (SSSR count). The van der Waals surface area contributed by atoms with Crippen LogP contribution in [0.15, 0.2) is 60.7 Å². The van der Waals surface area contributed by atoms with Crippen LogP contribution in [0.25, 0.3) is 0 Å². The predicted octanol–water partition coefficient (Wildman–Crippen LogP) is 5.60. The summed E-state index contributed by atoms with van der Waals surface area (Å²) in [7, 11) is 1.57. The highest BCUT2D eigenvalue weighted by Gasteiger charge is 2.30. The number of carbonyl (C=O) groups excluding carboxylic acids is 1. The van der Waals surface area contributed by atoms with E-state index in [1.165, 1.54) is 12.1 Å². The van der Waals surface area contributed by atoms with Crippen LogP contribution in [0.4, 0.5) is 18.9 Å². The molecule has 0 bridgehead atoms. The van der Waals surface area contributed by atoms with Crippen molar-refractivity contribution < 1.29 is 27.4 Å². The van der Waals surface area contributed by atoms with Gasteiger partial charge in [-0.2, -0.15) is 13.2 Å². The fourth-order valence-corrected chi connectivity index (χ4v) is 2.77. The Balaban J connectivity index is 1.70. The quantitative estimate of drug-likeness (QED) is 0.568. The molecule has 1 amide bonds. The minimum absolute atomic E-state index is 0.250.